The molecule has 0 fully saturated rings. The van der Waals surface area contributed by atoms with Crippen molar-refractivity contribution in [3.8, 4) is 0 Å². The maximum absolute atomic E-state index is 4.59. The number of nitrogens with zero attached hydrogens (tertiary/aromatic N) is 3. The van der Waals surface area contributed by atoms with Crippen molar-refractivity contribution in [3.05, 3.63) is 24.3 Å². The minimum Gasteiger partial charge on any atom is -0.307 e. The van der Waals surface area contributed by atoms with E-state index >= 15 is 0 Å². The van der Waals surface area contributed by atoms with E-state index in [9.17, 15) is 0 Å². The number of hydrogen-bond donors (Lipinski definition) is 1. The van der Waals surface area contributed by atoms with Crippen molar-refractivity contribution in [2.45, 2.75) is 65.5 Å². The molecule has 120 valence electrons. The average Bonchev–Trinajstić information content (AvgIpc) is 2.55. The van der Waals surface area contributed by atoms with Crippen LogP contribution in [0.3, 0.4) is 0 Å². The maximum Gasteiger partial charge on any atom is 0.0775 e. The zero-order valence-corrected chi connectivity index (χ0v) is 14.4. The summed E-state index contributed by atoms with van der Waals surface area (Å²) in [4.78, 5) is 11.5. The Kier molecular flexibility index (Phi) is 7.83. The zero-order valence-electron chi connectivity index (χ0n) is 14.4. The number of hydrogen-bond acceptors (Lipinski definition) is 4. The van der Waals surface area contributed by atoms with Crippen molar-refractivity contribution in [3.63, 3.8) is 0 Å². The Balaban J connectivity index is 3.23. The lowest BCUT2D eigenvalue weighted by molar-refractivity contribution is 0.0471. The van der Waals surface area contributed by atoms with Crippen LogP contribution in [0.5, 0.6) is 0 Å². The average molecular weight is 292 g/mol. The molecule has 0 aliphatic rings. The number of nitrogens with one attached hydrogen (secondary N) is 1. The first-order valence-electron chi connectivity index (χ1n) is 8.44. The van der Waals surface area contributed by atoms with Gasteiger partial charge in [0.25, 0.3) is 0 Å². The van der Waals surface area contributed by atoms with Crippen LogP contribution < -0.4 is 5.32 Å². The molecule has 0 aliphatic heterocycles. The van der Waals surface area contributed by atoms with Gasteiger partial charge in [0.2, 0.25) is 0 Å². The smallest absolute Gasteiger partial charge is 0.0775 e. The summed E-state index contributed by atoms with van der Waals surface area (Å²) >= 11 is 0. The van der Waals surface area contributed by atoms with E-state index in [-0.39, 0.29) is 11.6 Å². The van der Waals surface area contributed by atoms with Crippen molar-refractivity contribution >= 4 is 0 Å². The van der Waals surface area contributed by atoms with Gasteiger partial charge in [0, 0.05) is 17.9 Å². The second-order valence-corrected chi connectivity index (χ2v) is 5.50. The van der Waals surface area contributed by atoms with Gasteiger partial charge in [0.05, 0.1) is 17.9 Å². The van der Waals surface area contributed by atoms with Gasteiger partial charge in [-0.05, 0) is 38.9 Å². The normalized spacial score (nSPS) is 13.6. The van der Waals surface area contributed by atoms with E-state index in [0.29, 0.717) is 0 Å². The van der Waals surface area contributed by atoms with E-state index in [1.54, 1.807) is 12.4 Å². The van der Waals surface area contributed by atoms with E-state index in [4.69, 9.17) is 0 Å². The van der Waals surface area contributed by atoms with Crippen molar-refractivity contribution in [2.24, 2.45) is 0 Å². The number of likely N-dealkylation sites (N-methyl/N-ethyl adjacent to an activating group) is 1. The third kappa shape index (κ3) is 4.01. The van der Waals surface area contributed by atoms with Gasteiger partial charge >= 0.3 is 0 Å². The van der Waals surface area contributed by atoms with Gasteiger partial charge in [-0.3, -0.25) is 14.9 Å². The topological polar surface area (TPSA) is 41.1 Å². The van der Waals surface area contributed by atoms with Gasteiger partial charge in [-0.25, -0.2) is 0 Å². The minimum atomic E-state index is 0.0920. The second kappa shape index (κ2) is 9.11. The first-order chi connectivity index (χ1) is 10.2. The minimum absolute atomic E-state index is 0.0920. The third-order valence-electron chi connectivity index (χ3n) is 4.63. The molecule has 1 unspecified atom stereocenters. The fourth-order valence-electron chi connectivity index (χ4n) is 3.46. The molecule has 1 heterocycles. The monoisotopic (exact) mass is 292 g/mol. The second-order valence-electron chi connectivity index (χ2n) is 5.50. The highest BCUT2D eigenvalue weighted by atomic mass is 15.2. The number of rotatable bonds is 10. The maximum atomic E-state index is 4.59. The Morgan fingerprint density at radius 3 is 2.19 bits per heavy atom. The van der Waals surface area contributed by atoms with Crippen molar-refractivity contribution in [1.29, 1.82) is 0 Å². The van der Waals surface area contributed by atoms with E-state index < -0.39 is 0 Å². The van der Waals surface area contributed by atoms with Gasteiger partial charge in [0.1, 0.15) is 0 Å². The van der Waals surface area contributed by atoms with E-state index in [2.05, 4.69) is 54.8 Å². The molecule has 0 saturated heterocycles. The first-order valence-corrected chi connectivity index (χ1v) is 8.44. The summed E-state index contributed by atoms with van der Waals surface area (Å²) in [5.74, 6) is 0. The molecule has 4 nitrogen and oxygen atoms in total. The molecule has 0 saturated carbocycles. The highest BCUT2D eigenvalue weighted by Gasteiger charge is 2.41. The summed E-state index contributed by atoms with van der Waals surface area (Å²) in [5.41, 5.74) is 1.15. The van der Waals surface area contributed by atoms with Crippen molar-refractivity contribution in [1.82, 2.24) is 20.2 Å². The van der Waals surface area contributed by atoms with Crippen LogP contribution in [-0.4, -0.2) is 40.0 Å². The van der Waals surface area contributed by atoms with E-state index in [1.807, 2.05) is 6.20 Å². The summed E-state index contributed by atoms with van der Waals surface area (Å²) in [7, 11) is 0. The predicted octanol–water partition coefficient (Wildman–Crippen LogP) is 3.42. The highest BCUT2D eigenvalue weighted by Crippen LogP contribution is 2.36. The van der Waals surface area contributed by atoms with Gasteiger partial charge in [-0.1, -0.05) is 34.6 Å². The molecule has 1 atom stereocenters. The molecule has 0 radical (unpaired) electrons. The molecule has 1 rings (SSSR count). The lowest BCUT2D eigenvalue weighted by Gasteiger charge is -2.48. The van der Waals surface area contributed by atoms with Gasteiger partial charge in [-0.2, -0.15) is 0 Å². The molecular formula is C17H32N4. The quantitative estimate of drug-likeness (QED) is 0.717. The summed E-state index contributed by atoms with van der Waals surface area (Å²) in [6.07, 6.45) is 8.79. The van der Waals surface area contributed by atoms with Gasteiger partial charge in [0.15, 0.2) is 0 Å². The van der Waals surface area contributed by atoms with E-state index in [1.165, 1.54) is 0 Å². The molecular weight excluding hydrogens is 260 g/mol. The lowest BCUT2D eigenvalue weighted by Crippen LogP contribution is -2.56. The zero-order chi connectivity index (χ0) is 15.7. The molecule has 21 heavy (non-hydrogen) atoms. The molecule has 4 heteroatoms. The fraction of sp³-hybridized carbons (Fsp3) is 0.765. The summed E-state index contributed by atoms with van der Waals surface area (Å²) in [6, 6.07) is 0.223. The van der Waals surface area contributed by atoms with Crippen LogP contribution in [0.1, 0.15) is 65.6 Å². The Morgan fingerprint density at radius 1 is 1.10 bits per heavy atom. The van der Waals surface area contributed by atoms with E-state index in [0.717, 1.165) is 44.6 Å². The van der Waals surface area contributed by atoms with Gasteiger partial charge < -0.3 is 5.32 Å². The molecule has 1 aromatic heterocycles. The molecule has 0 amide bonds. The Morgan fingerprint density at radius 2 is 1.76 bits per heavy atom. The molecule has 0 aliphatic carbocycles. The number of aromatic nitrogens is 2. The lowest BCUT2D eigenvalue weighted by atomic mass is 9.80. The van der Waals surface area contributed by atoms with Crippen molar-refractivity contribution < 1.29 is 0 Å². The van der Waals surface area contributed by atoms with Gasteiger partial charge in [-0.15, -0.1) is 0 Å². The molecule has 0 bridgehead atoms. The molecule has 1 N–H and O–H groups in total. The molecule has 0 spiro atoms. The van der Waals surface area contributed by atoms with Crippen LogP contribution in [0, 0.1) is 0 Å². The predicted molar refractivity (Wildman–Crippen MR) is 89.3 cm³/mol. The third-order valence-corrected chi connectivity index (χ3v) is 4.63. The molecule has 1 aromatic rings. The van der Waals surface area contributed by atoms with Crippen molar-refractivity contribution in [2.75, 3.05) is 19.6 Å². The largest absolute Gasteiger partial charge is 0.307 e. The fourth-order valence-corrected chi connectivity index (χ4v) is 3.46. The summed E-state index contributed by atoms with van der Waals surface area (Å²) in [5, 5.41) is 3.73. The molecule has 0 aromatic carbocycles. The summed E-state index contributed by atoms with van der Waals surface area (Å²) < 4.78 is 0. The van der Waals surface area contributed by atoms with Crippen LogP contribution in [0.4, 0.5) is 0 Å². The van der Waals surface area contributed by atoms with Crippen LogP contribution in [0.15, 0.2) is 18.6 Å². The SMILES string of the molecule is CCCNC(c1cnccn1)C(CC)(CC)N(CC)CC. The summed E-state index contributed by atoms with van der Waals surface area (Å²) in [6.45, 7) is 14.4. The Bertz CT molecular complexity index is 372. The van der Waals surface area contributed by atoms with Crippen LogP contribution in [0.2, 0.25) is 0 Å². The Labute approximate surface area is 130 Å². The highest BCUT2D eigenvalue weighted by molar-refractivity contribution is 5.13. The Hall–Kier alpha value is -1.00. The van der Waals surface area contributed by atoms with Crippen LogP contribution in [-0.2, 0) is 0 Å². The van der Waals surface area contributed by atoms with Crippen LogP contribution >= 0.6 is 0 Å². The van der Waals surface area contributed by atoms with Crippen LogP contribution in [0.25, 0.3) is 0 Å². The first kappa shape index (κ1) is 18.1. The standard InChI is InChI=1S/C17H32N4/c1-6-11-20-16(15-14-18-12-13-19-15)17(7-2,8-3)21(9-4)10-5/h12-14,16,20H,6-11H2,1-5H3.